The number of aromatic nitrogens is 3. The second-order valence-corrected chi connectivity index (χ2v) is 9.07. The maximum atomic E-state index is 6.14. The van der Waals surface area contributed by atoms with Crippen molar-refractivity contribution in [2.24, 2.45) is 0 Å². The maximum Gasteiger partial charge on any atom is 0.170 e. The molecule has 1 N–H and O–H groups in total. The molecule has 1 aliphatic heterocycles. The van der Waals surface area contributed by atoms with Crippen LogP contribution in [0.15, 0.2) is 79.3 Å². The fraction of sp³-hybridized carbons (Fsp3) is 0.192. The molecule has 4 aromatic rings. The standard InChI is InChI=1S/C26H24ClN5S/c1-17-15-22(18(2)32(17)21-8-6-20(27)7-9-21)25-24(23-5-3-4-12-29-23)30-26(33)31(25)16-19-10-13-28-14-11-19/h3-15,24-25H,16H2,1-2H3,(H,30,33)/t24-,25-/m1/s1. The largest absolute Gasteiger partial charge is 0.352 e. The summed E-state index contributed by atoms with van der Waals surface area (Å²) in [4.78, 5) is 11.1. The number of thiocarbonyl (C=S) groups is 1. The number of halogens is 1. The lowest BCUT2D eigenvalue weighted by atomic mass is 9.96. The molecule has 4 heterocycles. The topological polar surface area (TPSA) is 46.0 Å². The molecular weight excluding hydrogens is 450 g/mol. The smallest absolute Gasteiger partial charge is 0.170 e. The van der Waals surface area contributed by atoms with Gasteiger partial charge >= 0.3 is 0 Å². The van der Waals surface area contributed by atoms with Crippen LogP contribution in [0.3, 0.4) is 0 Å². The number of aryl methyl sites for hydroxylation is 1. The summed E-state index contributed by atoms with van der Waals surface area (Å²) in [6, 6.07) is 20.2. The summed E-state index contributed by atoms with van der Waals surface area (Å²) in [5.41, 5.74) is 6.77. The molecule has 7 heteroatoms. The number of nitrogens with zero attached hydrogens (tertiary/aromatic N) is 4. The minimum Gasteiger partial charge on any atom is -0.352 e. The van der Waals surface area contributed by atoms with E-state index < -0.39 is 0 Å². The zero-order valence-corrected chi connectivity index (χ0v) is 20.0. The molecule has 0 radical (unpaired) electrons. The molecule has 33 heavy (non-hydrogen) atoms. The van der Waals surface area contributed by atoms with Gasteiger partial charge in [0.2, 0.25) is 0 Å². The predicted octanol–water partition coefficient (Wildman–Crippen LogP) is 5.71. The highest BCUT2D eigenvalue weighted by atomic mass is 35.5. The molecule has 0 aliphatic carbocycles. The second kappa shape index (κ2) is 8.96. The fourth-order valence-electron chi connectivity index (χ4n) is 4.67. The van der Waals surface area contributed by atoms with Crippen LogP contribution in [-0.4, -0.2) is 24.5 Å². The molecular formula is C26H24ClN5S. The number of nitrogens with one attached hydrogen (secondary N) is 1. The Bertz CT molecular complexity index is 1270. The molecule has 0 unspecified atom stereocenters. The zero-order chi connectivity index (χ0) is 22.9. The first-order valence-corrected chi connectivity index (χ1v) is 11.6. The molecule has 3 aromatic heterocycles. The van der Waals surface area contributed by atoms with Gasteiger partial charge in [-0.15, -0.1) is 0 Å². The van der Waals surface area contributed by atoms with Gasteiger partial charge in [-0.3, -0.25) is 9.97 Å². The molecule has 166 valence electrons. The van der Waals surface area contributed by atoms with Gasteiger partial charge < -0.3 is 14.8 Å². The third-order valence-corrected chi connectivity index (χ3v) is 6.78. The Kier molecular flexibility index (Phi) is 5.87. The van der Waals surface area contributed by atoms with Crippen LogP contribution in [0.25, 0.3) is 5.69 Å². The van der Waals surface area contributed by atoms with Gasteiger partial charge in [-0.05, 0) is 91.8 Å². The average molecular weight is 474 g/mol. The third-order valence-electron chi connectivity index (χ3n) is 6.17. The zero-order valence-electron chi connectivity index (χ0n) is 18.4. The Morgan fingerprint density at radius 2 is 1.76 bits per heavy atom. The van der Waals surface area contributed by atoms with Gasteiger partial charge in [0.1, 0.15) is 0 Å². The van der Waals surface area contributed by atoms with E-state index in [4.69, 9.17) is 23.8 Å². The van der Waals surface area contributed by atoms with Crippen molar-refractivity contribution < 1.29 is 0 Å². The van der Waals surface area contributed by atoms with E-state index in [2.05, 4.69) is 62.9 Å². The van der Waals surface area contributed by atoms with Crippen molar-refractivity contribution >= 4 is 28.9 Å². The Morgan fingerprint density at radius 3 is 2.45 bits per heavy atom. The van der Waals surface area contributed by atoms with Gasteiger partial charge in [0.15, 0.2) is 5.11 Å². The van der Waals surface area contributed by atoms with Crippen molar-refractivity contribution in [1.29, 1.82) is 0 Å². The van der Waals surface area contributed by atoms with Crippen LogP contribution >= 0.6 is 23.8 Å². The number of hydrogen-bond acceptors (Lipinski definition) is 3. The van der Waals surface area contributed by atoms with E-state index in [-0.39, 0.29) is 12.1 Å². The van der Waals surface area contributed by atoms with E-state index in [1.165, 1.54) is 11.3 Å². The first kappa shape index (κ1) is 21.6. The van der Waals surface area contributed by atoms with E-state index in [0.717, 1.165) is 32.8 Å². The number of pyridine rings is 2. The molecule has 2 atom stereocenters. The summed E-state index contributed by atoms with van der Waals surface area (Å²) in [6.45, 7) is 4.99. The van der Waals surface area contributed by atoms with Crippen LogP contribution in [0.4, 0.5) is 0 Å². The molecule has 0 bridgehead atoms. The quantitative estimate of drug-likeness (QED) is 0.376. The predicted molar refractivity (Wildman–Crippen MR) is 135 cm³/mol. The molecule has 0 saturated carbocycles. The van der Waals surface area contributed by atoms with Crippen LogP contribution in [-0.2, 0) is 6.54 Å². The number of rotatable bonds is 5. The van der Waals surface area contributed by atoms with E-state index in [9.17, 15) is 0 Å². The fourth-order valence-corrected chi connectivity index (χ4v) is 5.10. The van der Waals surface area contributed by atoms with Crippen LogP contribution in [0.1, 0.15) is 40.3 Å². The SMILES string of the molecule is Cc1cc([C@@H]2[C@@H](c3ccccn3)NC(=S)N2Cc2ccncc2)c(C)n1-c1ccc(Cl)cc1. The van der Waals surface area contributed by atoms with Gasteiger partial charge in [-0.25, -0.2) is 0 Å². The lowest BCUT2D eigenvalue weighted by molar-refractivity contribution is 0.310. The Morgan fingerprint density at radius 1 is 1.00 bits per heavy atom. The van der Waals surface area contributed by atoms with Crippen LogP contribution in [0, 0.1) is 13.8 Å². The monoisotopic (exact) mass is 473 g/mol. The lowest BCUT2D eigenvalue weighted by Crippen LogP contribution is -2.29. The number of benzene rings is 1. The van der Waals surface area contributed by atoms with E-state index in [0.29, 0.717) is 6.54 Å². The maximum absolute atomic E-state index is 6.14. The van der Waals surface area contributed by atoms with E-state index in [1.54, 1.807) is 0 Å². The summed E-state index contributed by atoms with van der Waals surface area (Å²) < 4.78 is 2.27. The molecule has 1 aromatic carbocycles. The Balaban J connectivity index is 1.61. The Labute approximate surface area is 204 Å². The van der Waals surface area contributed by atoms with Crippen molar-refractivity contribution in [3.8, 4) is 5.69 Å². The van der Waals surface area contributed by atoms with Gasteiger partial charge in [-0.1, -0.05) is 17.7 Å². The normalized spacial score (nSPS) is 17.9. The third kappa shape index (κ3) is 4.12. The number of hydrogen-bond donors (Lipinski definition) is 1. The molecule has 1 aliphatic rings. The highest BCUT2D eigenvalue weighted by Gasteiger charge is 2.41. The van der Waals surface area contributed by atoms with E-state index >= 15 is 0 Å². The molecule has 0 spiro atoms. The highest BCUT2D eigenvalue weighted by Crippen LogP contribution is 2.42. The molecule has 1 fully saturated rings. The summed E-state index contributed by atoms with van der Waals surface area (Å²) in [6.07, 6.45) is 5.47. The summed E-state index contributed by atoms with van der Waals surface area (Å²) in [5.74, 6) is 0. The van der Waals surface area contributed by atoms with Crippen molar-refractivity contribution in [3.63, 3.8) is 0 Å². The second-order valence-electron chi connectivity index (χ2n) is 8.25. The van der Waals surface area contributed by atoms with E-state index in [1.807, 2.05) is 55.0 Å². The van der Waals surface area contributed by atoms with Crippen molar-refractivity contribution in [2.45, 2.75) is 32.5 Å². The average Bonchev–Trinajstić information content (AvgIpc) is 3.31. The molecule has 0 amide bonds. The van der Waals surface area contributed by atoms with Crippen LogP contribution in [0.5, 0.6) is 0 Å². The first-order valence-electron chi connectivity index (χ1n) is 10.8. The van der Waals surface area contributed by atoms with Crippen LogP contribution < -0.4 is 5.32 Å². The lowest BCUT2D eigenvalue weighted by Gasteiger charge is -2.28. The minimum atomic E-state index is -0.0558. The molecule has 5 nitrogen and oxygen atoms in total. The van der Waals surface area contributed by atoms with Gasteiger partial charge in [0, 0.05) is 47.2 Å². The summed E-state index contributed by atoms with van der Waals surface area (Å²) in [5, 5.41) is 5.00. The minimum absolute atomic E-state index is 0.00665. The van der Waals surface area contributed by atoms with Crippen molar-refractivity contribution in [2.75, 3.05) is 0 Å². The summed E-state index contributed by atoms with van der Waals surface area (Å²) >= 11 is 12.0. The first-order chi connectivity index (χ1) is 16.0. The van der Waals surface area contributed by atoms with Gasteiger partial charge in [0.25, 0.3) is 0 Å². The van der Waals surface area contributed by atoms with Gasteiger partial charge in [0.05, 0.1) is 17.8 Å². The highest BCUT2D eigenvalue weighted by molar-refractivity contribution is 7.80. The van der Waals surface area contributed by atoms with Crippen LogP contribution in [0.2, 0.25) is 5.02 Å². The van der Waals surface area contributed by atoms with Gasteiger partial charge in [-0.2, -0.15) is 0 Å². The molecule has 1 saturated heterocycles. The summed E-state index contributed by atoms with van der Waals surface area (Å²) in [7, 11) is 0. The Hall–Kier alpha value is -3.22. The van der Waals surface area contributed by atoms with Crippen molar-refractivity contribution in [1.82, 2.24) is 24.8 Å². The molecule has 5 rings (SSSR count). The van der Waals surface area contributed by atoms with Crippen molar-refractivity contribution in [3.05, 3.63) is 112 Å².